The Kier molecular flexibility index (Phi) is 4.90. The van der Waals surface area contributed by atoms with E-state index < -0.39 is 11.6 Å². The van der Waals surface area contributed by atoms with E-state index in [2.05, 4.69) is 16.7 Å². The van der Waals surface area contributed by atoms with Crippen LogP contribution in [0.1, 0.15) is 42.5 Å². The average Bonchev–Trinajstić information content (AvgIpc) is 2.66. The van der Waals surface area contributed by atoms with Crippen molar-refractivity contribution >= 4 is 12.1 Å². The van der Waals surface area contributed by atoms with Crippen LogP contribution in [0.2, 0.25) is 0 Å². The van der Waals surface area contributed by atoms with Crippen LogP contribution in [-0.2, 0) is 6.42 Å². The Morgan fingerprint density at radius 3 is 2.52 bits per heavy atom. The molecule has 152 valence electrons. The molecule has 1 atom stereocenters. The Morgan fingerprint density at radius 1 is 1.14 bits per heavy atom. The van der Waals surface area contributed by atoms with Gasteiger partial charge in [0.2, 0.25) is 0 Å². The van der Waals surface area contributed by atoms with Crippen molar-refractivity contribution in [3.05, 3.63) is 71.0 Å². The molecule has 7 heteroatoms. The largest absolute Gasteiger partial charge is 0.465 e. The quantitative estimate of drug-likeness (QED) is 0.739. The van der Waals surface area contributed by atoms with Crippen LogP contribution < -0.4 is 10.6 Å². The number of carbonyl (C=O) groups excluding carboxylic acids is 1. The number of amides is 3. The van der Waals surface area contributed by atoms with E-state index >= 15 is 0 Å². The van der Waals surface area contributed by atoms with Gasteiger partial charge in [-0.25, -0.2) is 14.0 Å². The second kappa shape index (κ2) is 7.39. The topological polar surface area (TPSA) is 81.7 Å². The van der Waals surface area contributed by atoms with Gasteiger partial charge < -0.3 is 20.6 Å². The summed E-state index contributed by atoms with van der Waals surface area (Å²) >= 11 is 0. The highest BCUT2D eigenvalue weighted by Gasteiger charge is 2.43. The van der Waals surface area contributed by atoms with Gasteiger partial charge in [-0.2, -0.15) is 0 Å². The number of carboxylic acid groups (broad SMARTS) is 1. The standard InChI is InChI=1S/C22H24FN3O3/c1-22(25-21(28)29)12-17(13-22)24-20(27)26-11-10-14-4-2-3-5-18(14)19(26)15-6-8-16(23)9-7-15/h2-9,17,19,25H,10-13H2,1H3,(H,24,27)(H,28,29)/t17-,19-,22-/m0/s1. The maximum Gasteiger partial charge on any atom is 0.405 e. The minimum atomic E-state index is -1.05. The summed E-state index contributed by atoms with van der Waals surface area (Å²) in [5.41, 5.74) is 2.59. The molecule has 1 aliphatic heterocycles. The highest BCUT2D eigenvalue weighted by atomic mass is 19.1. The molecule has 0 bridgehead atoms. The molecule has 29 heavy (non-hydrogen) atoms. The number of urea groups is 1. The number of benzene rings is 2. The first kappa shape index (κ1) is 19.2. The molecule has 3 amide bonds. The Morgan fingerprint density at radius 2 is 1.83 bits per heavy atom. The van der Waals surface area contributed by atoms with Crippen molar-refractivity contribution in [3.8, 4) is 0 Å². The zero-order valence-electron chi connectivity index (χ0n) is 16.2. The van der Waals surface area contributed by atoms with Gasteiger partial charge in [-0.1, -0.05) is 36.4 Å². The molecule has 2 aromatic carbocycles. The van der Waals surface area contributed by atoms with E-state index in [-0.39, 0.29) is 23.9 Å². The molecular formula is C22H24FN3O3. The number of rotatable bonds is 3. The van der Waals surface area contributed by atoms with E-state index in [1.807, 2.05) is 25.1 Å². The molecule has 2 aliphatic rings. The Bertz CT molecular complexity index is 925. The van der Waals surface area contributed by atoms with E-state index in [0.717, 1.165) is 17.5 Å². The lowest BCUT2D eigenvalue weighted by Crippen LogP contribution is -2.63. The molecule has 6 nitrogen and oxygen atoms in total. The normalized spacial score (nSPS) is 25.5. The van der Waals surface area contributed by atoms with E-state index in [0.29, 0.717) is 19.4 Å². The third-order valence-electron chi connectivity index (χ3n) is 5.86. The molecule has 1 fully saturated rings. The summed E-state index contributed by atoms with van der Waals surface area (Å²) in [4.78, 5) is 25.8. The molecular weight excluding hydrogens is 373 g/mol. The predicted octanol–water partition coefficient (Wildman–Crippen LogP) is 3.67. The van der Waals surface area contributed by atoms with Crippen LogP contribution in [-0.4, -0.2) is 40.3 Å². The number of hydrogen-bond acceptors (Lipinski definition) is 2. The lowest BCUT2D eigenvalue weighted by molar-refractivity contribution is 0.121. The molecule has 0 aromatic heterocycles. The SMILES string of the molecule is C[C@]1(NC(=O)O)C[C@H](NC(=O)N2CCc3ccccc3[C@@H]2c2ccc(F)cc2)C1. The lowest BCUT2D eigenvalue weighted by Gasteiger charge is -2.46. The highest BCUT2D eigenvalue weighted by Crippen LogP contribution is 2.36. The number of hydrogen-bond donors (Lipinski definition) is 3. The van der Waals surface area contributed by atoms with Gasteiger partial charge in [-0.15, -0.1) is 0 Å². The van der Waals surface area contributed by atoms with Crippen LogP contribution in [0.4, 0.5) is 14.0 Å². The van der Waals surface area contributed by atoms with Crippen LogP contribution in [0.3, 0.4) is 0 Å². The molecule has 0 spiro atoms. The van der Waals surface area contributed by atoms with Crippen molar-refractivity contribution in [2.75, 3.05) is 6.54 Å². The van der Waals surface area contributed by atoms with Crippen LogP contribution in [0.15, 0.2) is 48.5 Å². The first-order valence-corrected chi connectivity index (χ1v) is 9.76. The zero-order chi connectivity index (χ0) is 20.6. The monoisotopic (exact) mass is 397 g/mol. The second-order valence-electron chi connectivity index (χ2n) is 8.14. The molecule has 0 saturated heterocycles. The van der Waals surface area contributed by atoms with E-state index in [1.165, 1.54) is 17.7 Å². The van der Waals surface area contributed by atoms with Crippen molar-refractivity contribution in [1.82, 2.24) is 15.5 Å². The Balaban J connectivity index is 1.53. The van der Waals surface area contributed by atoms with E-state index in [1.54, 1.807) is 17.0 Å². The van der Waals surface area contributed by atoms with Gasteiger partial charge in [0.15, 0.2) is 0 Å². The fourth-order valence-corrected chi connectivity index (χ4v) is 4.54. The van der Waals surface area contributed by atoms with E-state index in [9.17, 15) is 14.0 Å². The number of nitrogens with zero attached hydrogens (tertiary/aromatic N) is 1. The third kappa shape index (κ3) is 3.90. The fraction of sp³-hybridized carbons (Fsp3) is 0.364. The molecule has 0 unspecified atom stereocenters. The summed E-state index contributed by atoms with van der Waals surface area (Å²) in [5.74, 6) is -0.312. The number of fused-ring (bicyclic) bond motifs is 1. The minimum Gasteiger partial charge on any atom is -0.465 e. The highest BCUT2D eigenvalue weighted by molar-refractivity contribution is 5.76. The Labute approximate surface area is 168 Å². The van der Waals surface area contributed by atoms with Crippen molar-refractivity contribution in [1.29, 1.82) is 0 Å². The summed E-state index contributed by atoms with van der Waals surface area (Å²) < 4.78 is 13.5. The Hall–Kier alpha value is -3.09. The molecule has 2 aromatic rings. The summed E-state index contributed by atoms with van der Waals surface area (Å²) in [6.45, 7) is 2.39. The maximum atomic E-state index is 13.5. The number of halogens is 1. The number of carbonyl (C=O) groups is 2. The average molecular weight is 397 g/mol. The molecule has 1 saturated carbocycles. The first-order valence-electron chi connectivity index (χ1n) is 9.76. The van der Waals surface area contributed by atoms with Crippen LogP contribution >= 0.6 is 0 Å². The van der Waals surface area contributed by atoms with Crippen LogP contribution in [0.5, 0.6) is 0 Å². The lowest BCUT2D eigenvalue weighted by atomic mass is 9.74. The van der Waals surface area contributed by atoms with Gasteiger partial charge in [0.05, 0.1) is 6.04 Å². The minimum absolute atomic E-state index is 0.0783. The number of nitrogens with one attached hydrogen (secondary N) is 2. The maximum absolute atomic E-state index is 13.5. The van der Waals surface area contributed by atoms with Gasteiger partial charge in [0.1, 0.15) is 5.82 Å². The van der Waals surface area contributed by atoms with Crippen molar-refractivity contribution in [3.63, 3.8) is 0 Å². The predicted molar refractivity (Wildman–Crippen MR) is 106 cm³/mol. The first-order chi connectivity index (χ1) is 13.8. The molecule has 1 heterocycles. The van der Waals surface area contributed by atoms with Gasteiger partial charge in [-0.05, 0) is 55.0 Å². The van der Waals surface area contributed by atoms with Gasteiger partial charge >= 0.3 is 12.1 Å². The summed E-state index contributed by atoms with van der Waals surface area (Å²) in [5, 5.41) is 14.5. The smallest absolute Gasteiger partial charge is 0.405 e. The second-order valence-corrected chi connectivity index (χ2v) is 8.14. The summed E-state index contributed by atoms with van der Waals surface area (Å²) in [6, 6.07) is 13.7. The molecule has 4 rings (SSSR count). The zero-order valence-corrected chi connectivity index (χ0v) is 16.2. The van der Waals surface area contributed by atoms with Gasteiger partial charge in [-0.3, -0.25) is 0 Å². The summed E-state index contributed by atoms with van der Waals surface area (Å²) in [6.07, 6.45) is 0.804. The summed E-state index contributed by atoms with van der Waals surface area (Å²) in [7, 11) is 0. The fourth-order valence-electron chi connectivity index (χ4n) is 4.54. The van der Waals surface area contributed by atoms with E-state index in [4.69, 9.17) is 5.11 Å². The van der Waals surface area contributed by atoms with Crippen molar-refractivity contribution < 1.29 is 19.1 Å². The van der Waals surface area contributed by atoms with Crippen molar-refractivity contribution in [2.24, 2.45) is 0 Å². The van der Waals surface area contributed by atoms with Crippen LogP contribution in [0.25, 0.3) is 0 Å². The molecule has 3 N–H and O–H groups in total. The third-order valence-corrected chi connectivity index (χ3v) is 5.86. The van der Waals surface area contributed by atoms with Gasteiger partial charge in [0.25, 0.3) is 0 Å². The van der Waals surface area contributed by atoms with Crippen LogP contribution in [0, 0.1) is 5.82 Å². The van der Waals surface area contributed by atoms with Gasteiger partial charge in [0, 0.05) is 18.1 Å². The molecule has 1 aliphatic carbocycles. The van der Waals surface area contributed by atoms with Crippen molar-refractivity contribution in [2.45, 2.75) is 43.8 Å². The molecule has 0 radical (unpaired) electrons.